The largest absolute Gasteiger partial charge is 0.502 e. The fourth-order valence-electron chi connectivity index (χ4n) is 2.66. The standard InChI is InChI=1S/C20H14N6O2/c21-11-17-19(27)18(28-12-13-4-2-1-3-5-13)10-16(22-17)14-6-8-15(9-7-14)20-23-25-26-24-20/h1-10,27H,12H2,(H,23,24,25,26). The van der Waals surface area contributed by atoms with Crippen molar-refractivity contribution in [2.45, 2.75) is 6.61 Å². The first kappa shape index (κ1) is 17.2. The number of benzene rings is 2. The number of aromatic amines is 1. The van der Waals surface area contributed by atoms with E-state index in [1.165, 1.54) is 0 Å². The molecule has 0 atom stereocenters. The third kappa shape index (κ3) is 3.50. The summed E-state index contributed by atoms with van der Waals surface area (Å²) in [5.74, 6) is 0.410. The van der Waals surface area contributed by atoms with Crippen LogP contribution in [0.5, 0.6) is 11.5 Å². The van der Waals surface area contributed by atoms with E-state index >= 15 is 0 Å². The Kier molecular flexibility index (Phi) is 4.63. The highest BCUT2D eigenvalue weighted by molar-refractivity contribution is 5.68. The van der Waals surface area contributed by atoms with E-state index in [2.05, 4.69) is 25.6 Å². The topological polar surface area (TPSA) is 121 Å². The number of tetrazole rings is 1. The van der Waals surface area contributed by atoms with Gasteiger partial charge in [0.15, 0.2) is 17.2 Å². The molecule has 0 aliphatic heterocycles. The number of hydrogen-bond donors (Lipinski definition) is 2. The van der Waals surface area contributed by atoms with Gasteiger partial charge in [0.2, 0.25) is 5.82 Å². The Labute approximate surface area is 160 Å². The minimum atomic E-state index is -0.273. The zero-order valence-corrected chi connectivity index (χ0v) is 14.6. The first-order valence-electron chi connectivity index (χ1n) is 8.39. The molecule has 2 N–H and O–H groups in total. The van der Waals surface area contributed by atoms with Crippen molar-refractivity contribution >= 4 is 0 Å². The zero-order chi connectivity index (χ0) is 19.3. The van der Waals surface area contributed by atoms with Gasteiger partial charge in [-0.3, -0.25) is 0 Å². The number of aromatic hydroxyl groups is 1. The summed E-state index contributed by atoms with van der Waals surface area (Å²) in [4.78, 5) is 4.23. The predicted molar refractivity (Wildman–Crippen MR) is 100.0 cm³/mol. The van der Waals surface area contributed by atoms with E-state index in [9.17, 15) is 10.4 Å². The maximum Gasteiger partial charge on any atom is 0.204 e. The van der Waals surface area contributed by atoms with Crippen LogP contribution >= 0.6 is 0 Å². The molecule has 0 fully saturated rings. The molecule has 0 amide bonds. The molecule has 0 saturated carbocycles. The number of ether oxygens (including phenoxy) is 1. The number of pyridine rings is 1. The molecule has 8 nitrogen and oxygen atoms in total. The summed E-state index contributed by atoms with van der Waals surface area (Å²) in [6.45, 7) is 0.263. The van der Waals surface area contributed by atoms with Crippen molar-refractivity contribution < 1.29 is 9.84 Å². The van der Waals surface area contributed by atoms with Crippen molar-refractivity contribution in [1.82, 2.24) is 25.6 Å². The number of hydrogen-bond acceptors (Lipinski definition) is 7. The Hall–Kier alpha value is -4.25. The van der Waals surface area contributed by atoms with Crippen LogP contribution in [0.3, 0.4) is 0 Å². The van der Waals surface area contributed by atoms with Crippen LogP contribution in [0.4, 0.5) is 0 Å². The van der Waals surface area contributed by atoms with E-state index in [1.807, 2.05) is 60.7 Å². The predicted octanol–water partition coefficient (Wildman–Crippen LogP) is 3.08. The molecule has 0 radical (unpaired) electrons. The van der Waals surface area contributed by atoms with Crippen molar-refractivity contribution in [1.29, 1.82) is 5.26 Å². The van der Waals surface area contributed by atoms with Crippen LogP contribution in [0.25, 0.3) is 22.6 Å². The Morgan fingerprint density at radius 3 is 2.46 bits per heavy atom. The van der Waals surface area contributed by atoms with Gasteiger partial charge in [-0.25, -0.2) is 4.98 Å². The Balaban J connectivity index is 1.64. The minimum absolute atomic E-state index is 0.0946. The smallest absolute Gasteiger partial charge is 0.204 e. The van der Waals surface area contributed by atoms with Gasteiger partial charge in [0.1, 0.15) is 12.7 Å². The zero-order valence-electron chi connectivity index (χ0n) is 14.6. The van der Waals surface area contributed by atoms with Crippen LogP contribution in [-0.4, -0.2) is 30.7 Å². The molecule has 28 heavy (non-hydrogen) atoms. The molecule has 0 saturated heterocycles. The molecule has 2 heterocycles. The second kappa shape index (κ2) is 7.55. The molecular formula is C20H14N6O2. The molecular weight excluding hydrogens is 356 g/mol. The van der Waals surface area contributed by atoms with E-state index in [4.69, 9.17) is 4.74 Å². The van der Waals surface area contributed by atoms with Gasteiger partial charge in [-0.1, -0.05) is 54.6 Å². The number of rotatable bonds is 5. The second-order valence-electron chi connectivity index (χ2n) is 5.90. The van der Waals surface area contributed by atoms with Crippen LogP contribution in [-0.2, 0) is 6.61 Å². The van der Waals surface area contributed by atoms with Crippen molar-refractivity contribution in [3.8, 4) is 40.2 Å². The molecule has 0 unspecified atom stereocenters. The van der Waals surface area contributed by atoms with Crippen molar-refractivity contribution in [2.24, 2.45) is 0 Å². The van der Waals surface area contributed by atoms with E-state index < -0.39 is 0 Å². The van der Waals surface area contributed by atoms with Crippen LogP contribution in [0.15, 0.2) is 60.7 Å². The summed E-state index contributed by atoms with van der Waals surface area (Å²) < 4.78 is 5.74. The summed E-state index contributed by atoms with van der Waals surface area (Å²) in [6.07, 6.45) is 0. The molecule has 0 bridgehead atoms. The highest BCUT2D eigenvalue weighted by Crippen LogP contribution is 2.34. The Morgan fingerprint density at radius 1 is 1.04 bits per heavy atom. The molecule has 4 aromatic rings. The monoisotopic (exact) mass is 370 g/mol. The lowest BCUT2D eigenvalue weighted by Crippen LogP contribution is -1.98. The van der Waals surface area contributed by atoms with Crippen molar-refractivity contribution in [3.05, 3.63) is 71.9 Å². The average Bonchev–Trinajstić information content (AvgIpc) is 3.29. The summed E-state index contributed by atoms with van der Waals surface area (Å²) in [7, 11) is 0. The second-order valence-corrected chi connectivity index (χ2v) is 5.90. The Bertz CT molecular complexity index is 1120. The van der Waals surface area contributed by atoms with Crippen LogP contribution in [0.2, 0.25) is 0 Å². The van der Waals surface area contributed by atoms with Crippen LogP contribution < -0.4 is 4.74 Å². The highest BCUT2D eigenvalue weighted by Gasteiger charge is 2.15. The third-order valence-electron chi connectivity index (χ3n) is 4.09. The molecule has 4 rings (SSSR count). The summed E-state index contributed by atoms with van der Waals surface area (Å²) in [6, 6.07) is 20.4. The first-order valence-corrected chi connectivity index (χ1v) is 8.39. The summed E-state index contributed by atoms with van der Waals surface area (Å²) in [5, 5.41) is 33.4. The molecule has 2 aromatic carbocycles. The number of nitrogens with one attached hydrogen (secondary N) is 1. The summed E-state index contributed by atoms with van der Waals surface area (Å²) in [5.41, 5.74) is 2.91. The number of nitrogens with zero attached hydrogens (tertiary/aromatic N) is 5. The highest BCUT2D eigenvalue weighted by atomic mass is 16.5. The number of aromatic nitrogens is 5. The maximum absolute atomic E-state index is 10.3. The van der Waals surface area contributed by atoms with Crippen molar-refractivity contribution in [3.63, 3.8) is 0 Å². The molecule has 0 aliphatic carbocycles. The van der Waals surface area contributed by atoms with Gasteiger partial charge in [-0.05, 0) is 10.8 Å². The van der Waals surface area contributed by atoms with E-state index in [1.54, 1.807) is 6.07 Å². The lowest BCUT2D eigenvalue weighted by Gasteiger charge is -2.11. The number of nitriles is 1. The lowest BCUT2D eigenvalue weighted by molar-refractivity contribution is 0.288. The van der Waals surface area contributed by atoms with Crippen LogP contribution in [0, 0.1) is 11.3 Å². The minimum Gasteiger partial charge on any atom is -0.502 e. The van der Waals surface area contributed by atoms with Gasteiger partial charge in [-0.15, -0.1) is 10.2 Å². The fraction of sp³-hybridized carbons (Fsp3) is 0.0500. The quantitative estimate of drug-likeness (QED) is 0.554. The molecule has 136 valence electrons. The van der Waals surface area contributed by atoms with Crippen LogP contribution in [0.1, 0.15) is 11.3 Å². The van der Waals surface area contributed by atoms with Gasteiger partial charge in [0.05, 0.1) is 5.69 Å². The number of H-pyrrole nitrogens is 1. The lowest BCUT2D eigenvalue weighted by atomic mass is 10.1. The van der Waals surface area contributed by atoms with E-state index in [0.717, 1.165) is 16.7 Å². The summed E-state index contributed by atoms with van der Waals surface area (Å²) >= 11 is 0. The molecule has 0 spiro atoms. The van der Waals surface area contributed by atoms with E-state index in [0.29, 0.717) is 11.5 Å². The Morgan fingerprint density at radius 2 is 1.79 bits per heavy atom. The van der Waals surface area contributed by atoms with Crippen molar-refractivity contribution in [2.75, 3.05) is 0 Å². The molecule has 2 aromatic heterocycles. The SMILES string of the molecule is N#Cc1nc(-c2ccc(-c3nn[nH]n3)cc2)cc(OCc2ccccc2)c1O. The van der Waals surface area contributed by atoms with Gasteiger partial charge < -0.3 is 9.84 Å². The van der Waals surface area contributed by atoms with Gasteiger partial charge >= 0.3 is 0 Å². The van der Waals surface area contributed by atoms with Gasteiger partial charge in [0.25, 0.3) is 0 Å². The normalized spacial score (nSPS) is 10.4. The van der Waals surface area contributed by atoms with E-state index in [-0.39, 0.29) is 23.8 Å². The van der Waals surface area contributed by atoms with Gasteiger partial charge in [-0.2, -0.15) is 10.5 Å². The first-order chi connectivity index (χ1) is 13.7. The molecule has 0 aliphatic rings. The third-order valence-corrected chi connectivity index (χ3v) is 4.09. The maximum atomic E-state index is 10.3. The fourth-order valence-corrected chi connectivity index (χ4v) is 2.66. The van der Waals surface area contributed by atoms with Gasteiger partial charge in [0, 0.05) is 17.2 Å². The average molecular weight is 370 g/mol. The molecule has 8 heteroatoms.